The van der Waals surface area contributed by atoms with E-state index in [2.05, 4.69) is 0 Å². The van der Waals surface area contributed by atoms with E-state index in [9.17, 15) is 4.79 Å². The van der Waals surface area contributed by atoms with Crippen LogP contribution < -0.4 is 0 Å². The maximum atomic E-state index is 11.0. The third kappa shape index (κ3) is 5.94. The second kappa shape index (κ2) is 6.27. The molecule has 0 saturated heterocycles. The number of aliphatic carboxylic acids is 1. The first-order valence-corrected chi connectivity index (χ1v) is 5.26. The summed E-state index contributed by atoms with van der Waals surface area (Å²) in [5.74, 6) is -4.74. The van der Waals surface area contributed by atoms with Gasteiger partial charge in [-0.05, 0) is 27.7 Å². The fraction of sp³-hybridized carbons (Fsp3) is 0.900. The second-order valence-corrected chi connectivity index (χ2v) is 4.24. The van der Waals surface area contributed by atoms with Crippen LogP contribution in [-0.4, -0.2) is 56.8 Å². The third-order valence-electron chi connectivity index (χ3n) is 1.74. The maximum Gasteiger partial charge on any atom is 0.335 e. The Morgan fingerprint density at radius 2 is 1.41 bits per heavy atom. The lowest BCUT2D eigenvalue weighted by Gasteiger charge is -2.32. The molecule has 2 atom stereocenters. The summed E-state index contributed by atoms with van der Waals surface area (Å²) in [6.07, 6.45) is -4.47. The average Bonchev–Trinajstić information content (AvgIpc) is 2.07. The van der Waals surface area contributed by atoms with Gasteiger partial charge in [-0.2, -0.15) is 0 Å². The first kappa shape index (κ1) is 16.3. The fourth-order valence-electron chi connectivity index (χ4n) is 1.21. The first-order chi connectivity index (χ1) is 7.55. The third-order valence-corrected chi connectivity index (χ3v) is 1.74. The molecular weight excluding hydrogens is 232 g/mol. The molecule has 0 aromatic heterocycles. The molecule has 2 unspecified atom stereocenters. The van der Waals surface area contributed by atoms with E-state index in [-0.39, 0.29) is 0 Å². The van der Waals surface area contributed by atoms with Gasteiger partial charge in [0, 0.05) is 0 Å². The van der Waals surface area contributed by atoms with Crippen molar-refractivity contribution in [1.29, 1.82) is 0 Å². The minimum Gasteiger partial charge on any atom is -0.479 e. The van der Waals surface area contributed by atoms with E-state index < -0.39 is 36.4 Å². The normalized spacial score (nSPS) is 16.3. The zero-order valence-corrected chi connectivity index (χ0v) is 10.3. The first-order valence-electron chi connectivity index (χ1n) is 5.26. The summed E-state index contributed by atoms with van der Waals surface area (Å²) in [5, 5.41) is 36.2. The molecule has 17 heavy (non-hydrogen) atoms. The minimum atomic E-state index is -3.29. The van der Waals surface area contributed by atoms with Crippen molar-refractivity contribution >= 4 is 5.97 Å². The molecule has 7 heteroatoms. The van der Waals surface area contributed by atoms with Crippen LogP contribution in [0, 0.1) is 0 Å². The highest BCUT2D eigenvalue weighted by molar-refractivity contribution is 5.73. The fourth-order valence-corrected chi connectivity index (χ4v) is 1.21. The van der Waals surface area contributed by atoms with Gasteiger partial charge in [-0.1, -0.05) is 0 Å². The van der Waals surface area contributed by atoms with Gasteiger partial charge in [-0.15, -0.1) is 0 Å². The van der Waals surface area contributed by atoms with Gasteiger partial charge in [0.15, 0.2) is 12.2 Å². The van der Waals surface area contributed by atoms with Crippen LogP contribution in [0.2, 0.25) is 0 Å². The van der Waals surface area contributed by atoms with E-state index in [1.807, 2.05) is 0 Å². The highest BCUT2D eigenvalue weighted by atomic mass is 16.7. The van der Waals surface area contributed by atoms with Crippen molar-refractivity contribution < 1.29 is 34.7 Å². The van der Waals surface area contributed by atoms with Gasteiger partial charge in [0.1, 0.15) is 0 Å². The number of hydrogen-bond acceptors (Lipinski definition) is 6. The van der Waals surface area contributed by atoms with Crippen LogP contribution in [0.4, 0.5) is 0 Å². The van der Waals surface area contributed by atoms with Crippen molar-refractivity contribution in [3.8, 4) is 0 Å². The quantitative estimate of drug-likeness (QED) is 0.442. The van der Waals surface area contributed by atoms with Crippen molar-refractivity contribution in [2.45, 2.75) is 58.1 Å². The van der Waals surface area contributed by atoms with Gasteiger partial charge in [0.2, 0.25) is 0 Å². The molecular formula is C10H20O7. The van der Waals surface area contributed by atoms with Gasteiger partial charge in [-0.25, -0.2) is 4.79 Å². The highest BCUT2D eigenvalue weighted by Crippen LogP contribution is 2.18. The number of aliphatic hydroxyl groups is 3. The van der Waals surface area contributed by atoms with Crippen molar-refractivity contribution in [3.05, 3.63) is 0 Å². The lowest BCUT2D eigenvalue weighted by atomic mass is 10.1. The molecule has 4 N–H and O–H groups in total. The molecule has 0 bridgehead atoms. The standard InChI is InChI=1S/C10H20O7/c1-5(2)16-7(9(11)12)8(10(13,14)15)17-6(3)4/h5-8,13-15H,1-4H3,(H,11,12). The number of carboxylic acids is 1. The predicted molar refractivity (Wildman–Crippen MR) is 57.0 cm³/mol. The van der Waals surface area contributed by atoms with Gasteiger partial charge in [-0.3, -0.25) is 0 Å². The van der Waals surface area contributed by atoms with Crippen LogP contribution in [0.3, 0.4) is 0 Å². The number of carbonyl (C=O) groups is 1. The summed E-state index contributed by atoms with van der Waals surface area (Å²) in [6.45, 7) is 6.28. The van der Waals surface area contributed by atoms with E-state index in [1.165, 1.54) is 0 Å². The molecule has 0 aliphatic carbocycles. The summed E-state index contributed by atoms with van der Waals surface area (Å²) in [7, 11) is 0. The van der Waals surface area contributed by atoms with Gasteiger partial charge in [0.25, 0.3) is 0 Å². The Morgan fingerprint density at radius 1 is 1.00 bits per heavy atom. The average molecular weight is 252 g/mol. The van der Waals surface area contributed by atoms with Crippen molar-refractivity contribution in [1.82, 2.24) is 0 Å². The van der Waals surface area contributed by atoms with Gasteiger partial charge >= 0.3 is 11.9 Å². The van der Waals surface area contributed by atoms with Gasteiger partial charge in [0.05, 0.1) is 12.2 Å². The Hall–Kier alpha value is -0.730. The Balaban J connectivity index is 5.01. The van der Waals surface area contributed by atoms with Crippen LogP contribution in [0.5, 0.6) is 0 Å². The zero-order valence-electron chi connectivity index (χ0n) is 10.3. The van der Waals surface area contributed by atoms with Crippen molar-refractivity contribution in [2.75, 3.05) is 0 Å². The van der Waals surface area contributed by atoms with Crippen LogP contribution in [0.25, 0.3) is 0 Å². The van der Waals surface area contributed by atoms with E-state index in [1.54, 1.807) is 27.7 Å². The molecule has 0 spiro atoms. The lowest BCUT2D eigenvalue weighted by molar-refractivity contribution is -0.378. The summed E-state index contributed by atoms with van der Waals surface area (Å²) in [5.41, 5.74) is 0. The van der Waals surface area contributed by atoms with E-state index >= 15 is 0 Å². The number of rotatable bonds is 7. The molecule has 0 saturated carbocycles. The molecule has 0 rings (SSSR count). The predicted octanol–water partition coefficient (Wildman–Crippen LogP) is -0.711. The zero-order chi connectivity index (χ0) is 13.8. The summed E-state index contributed by atoms with van der Waals surface area (Å²) >= 11 is 0. The molecule has 7 nitrogen and oxygen atoms in total. The monoisotopic (exact) mass is 252 g/mol. The van der Waals surface area contributed by atoms with E-state index in [0.29, 0.717) is 0 Å². The summed E-state index contributed by atoms with van der Waals surface area (Å²) in [6, 6.07) is 0. The number of carboxylic acid groups (broad SMARTS) is 1. The molecule has 0 aromatic rings. The van der Waals surface area contributed by atoms with Gasteiger partial charge < -0.3 is 29.9 Å². The van der Waals surface area contributed by atoms with Crippen LogP contribution in [0.15, 0.2) is 0 Å². The minimum absolute atomic E-state index is 0.475. The van der Waals surface area contributed by atoms with Crippen LogP contribution >= 0.6 is 0 Å². The highest BCUT2D eigenvalue weighted by Gasteiger charge is 2.45. The Morgan fingerprint density at radius 3 is 1.65 bits per heavy atom. The lowest BCUT2D eigenvalue weighted by Crippen LogP contribution is -2.55. The van der Waals surface area contributed by atoms with Crippen molar-refractivity contribution in [2.24, 2.45) is 0 Å². The molecule has 0 aliphatic heterocycles. The summed E-state index contributed by atoms with van der Waals surface area (Å²) in [4.78, 5) is 11.0. The van der Waals surface area contributed by atoms with E-state index in [4.69, 9.17) is 29.9 Å². The van der Waals surface area contributed by atoms with Crippen LogP contribution in [-0.2, 0) is 14.3 Å². The number of ether oxygens (including phenoxy) is 2. The molecule has 0 radical (unpaired) electrons. The topological polar surface area (TPSA) is 116 Å². The molecule has 0 amide bonds. The van der Waals surface area contributed by atoms with Crippen molar-refractivity contribution in [3.63, 3.8) is 0 Å². The Kier molecular flexibility index (Phi) is 6.00. The SMILES string of the molecule is CC(C)OC(C(=O)O)C(OC(C)C)C(O)(O)O. The molecule has 0 fully saturated rings. The molecule has 0 aliphatic rings. The molecule has 0 aromatic carbocycles. The smallest absolute Gasteiger partial charge is 0.335 e. The maximum absolute atomic E-state index is 11.0. The Bertz CT molecular complexity index is 244. The van der Waals surface area contributed by atoms with E-state index in [0.717, 1.165) is 0 Å². The largest absolute Gasteiger partial charge is 0.479 e. The van der Waals surface area contributed by atoms with Crippen LogP contribution in [0.1, 0.15) is 27.7 Å². The molecule has 0 heterocycles. The summed E-state index contributed by atoms with van der Waals surface area (Å²) < 4.78 is 9.98. The number of hydrogen-bond donors (Lipinski definition) is 4. The molecule has 102 valence electrons. The second-order valence-electron chi connectivity index (χ2n) is 4.24. The Labute approximate surface area is 99.6 Å².